The molecule has 11 heteroatoms. The van der Waals surface area contributed by atoms with Crippen molar-refractivity contribution in [3.05, 3.63) is 19.3 Å². The van der Waals surface area contributed by atoms with E-state index in [4.69, 9.17) is 30.7 Å². The molecule has 2 radical (unpaired) electrons. The van der Waals surface area contributed by atoms with E-state index < -0.39 is 32.5 Å². The predicted octanol–water partition coefficient (Wildman–Crippen LogP) is 0.160. The lowest BCUT2D eigenvalue weighted by molar-refractivity contribution is -0.0633. The molecule has 0 saturated carbocycles. The molecule has 3 N–H and O–H groups in total. The molecule has 23 heavy (non-hydrogen) atoms. The first-order valence-electron chi connectivity index (χ1n) is 6.85. The summed E-state index contributed by atoms with van der Waals surface area (Å²) in [5.41, 5.74) is 6.67. The maximum atomic E-state index is 10.6. The first-order valence-corrected chi connectivity index (χ1v) is 8.46. The zero-order valence-corrected chi connectivity index (χ0v) is 13.0. The lowest BCUT2D eigenvalue weighted by atomic mass is 10.1. The standard InChI is InChI=1S/C12H15N5O5P/c1-19-23(2)20-3-6-9(22-23)8(18)12(21-6)17-5-16-7-10(13)14-4-15-11(7)17/h2,4-6,8-9,12,18H,3H2,1H3,(H2,13,14,15)/q+1/t6?,8-,9?,12+,23?/m0/s1. The van der Waals surface area contributed by atoms with Crippen LogP contribution in [0.25, 0.3) is 11.2 Å². The third kappa shape index (κ3) is 2.30. The molecule has 0 aromatic carbocycles. The molecule has 0 spiro atoms. The van der Waals surface area contributed by atoms with Crippen LogP contribution < -0.4 is 5.73 Å². The van der Waals surface area contributed by atoms with Gasteiger partial charge in [-0.2, -0.15) is 13.6 Å². The van der Waals surface area contributed by atoms with E-state index in [0.29, 0.717) is 11.2 Å². The maximum Gasteiger partial charge on any atom is 0.424 e. The number of imidazole rings is 1. The highest BCUT2D eigenvalue weighted by Gasteiger charge is 2.58. The molecular formula is C12H15N5O5P+. The van der Waals surface area contributed by atoms with Gasteiger partial charge in [0, 0.05) is 0 Å². The fraction of sp³-hybridized carbons (Fsp3) is 0.500. The number of anilines is 1. The van der Waals surface area contributed by atoms with Crippen molar-refractivity contribution in [2.45, 2.75) is 24.5 Å². The zero-order chi connectivity index (χ0) is 16.2. The Morgan fingerprint density at radius 2 is 2.30 bits per heavy atom. The highest BCUT2D eigenvalue weighted by atomic mass is 31.2. The van der Waals surface area contributed by atoms with E-state index in [2.05, 4.69) is 15.0 Å². The Morgan fingerprint density at radius 1 is 1.48 bits per heavy atom. The van der Waals surface area contributed by atoms with Crippen LogP contribution in [-0.2, 0) is 18.3 Å². The van der Waals surface area contributed by atoms with Crippen molar-refractivity contribution in [3.63, 3.8) is 0 Å². The van der Waals surface area contributed by atoms with Crippen LogP contribution in [0.15, 0.2) is 12.7 Å². The molecule has 2 aliphatic rings. The van der Waals surface area contributed by atoms with Crippen LogP contribution in [0.1, 0.15) is 6.23 Å². The van der Waals surface area contributed by atoms with Crippen LogP contribution in [0, 0.1) is 6.66 Å². The Hall–Kier alpha value is -1.42. The molecule has 2 aromatic heterocycles. The molecule has 5 atom stereocenters. The number of hydrogen-bond donors (Lipinski definition) is 2. The van der Waals surface area contributed by atoms with Crippen LogP contribution >= 0.6 is 7.94 Å². The molecule has 2 aromatic rings. The van der Waals surface area contributed by atoms with Crippen LogP contribution in [-0.4, -0.2) is 56.7 Å². The van der Waals surface area contributed by atoms with Crippen molar-refractivity contribution in [1.29, 1.82) is 0 Å². The van der Waals surface area contributed by atoms with Gasteiger partial charge in [-0.15, -0.1) is 0 Å². The SMILES string of the molecule is [CH][P+]1(OC)OCC2O[C@@H](n3cnc4c(N)ncnc43)[C@@H](O)C2O1. The van der Waals surface area contributed by atoms with Gasteiger partial charge in [0.25, 0.3) is 0 Å². The summed E-state index contributed by atoms with van der Waals surface area (Å²) in [5.74, 6) is 0.254. The number of nitrogen functional groups attached to an aromatic ring is 1. The average molecular weight is 340 g/mol. The summed E-state index contributed by atoms with van der Waals surface area (Å²) in [4.78, 5) is 12.2. The van der Waals surface area contributed by atoms with Gasteiger partial charge >= 0.3 is 7.94 Å². The Morgan fingerprint density at radius 3 is 3.09 bits per heavy atom. The summed E-state index contributed by atoms with van der Waals surface area (Å²) in [7, 11) is -1.52. The number of fused-ring (bicyclic) bond motifs is 2. The fourth-order valence-corrected chi connectivity index (χ4v) is 3.95. The van der Waals surface area contributed by atoms with E-state index in [-0.39, 0.29) is 12.4 Å². The summed E-state index contributed by atoms with van der Waals surface area (Å²) in [6.45, 7) is 6.04. The number of nitrogens with two attached hydrogens (primary N) is 1. The topological polar surface area (TPSA) is 127 Å². The number of rotatable bonds is 2. The normalized spacial score (nSPS) is 37.2. The first kappa shape index (κ1) is 15.1. The molecule has 4 rings (SSSR count). The van der Waals surface area contributed by atoms with E-state index in [1.807, 2.05) is 0 Å². The number of aliphatic hydroxyl groups excluding tert-OH is 1. The van der Waals surface area contributed by atoms with Crippen molar-refractivity contribution in [1.82, 2.24) is 19.5 Å². The van der Waals surface area contributed by atoms with Gasteiger partial charge in [0.1, 0.15) is 30.7 Å². The fourth-order valence-electron chi connectivity index (χ4n) is 2.74. The molecular weight excluding hydrogens is 325 g/mol. The van der Waals surface area contributed by atoms with Crippen molar-refractivity contribution in [3.8, 4) is 0 Å². The zero-order valence-electron chi connectivity index (χ0n) is 12.1. The van der Waals surface area contributed by atoms with Crippen molar-refractivity contribution in [2.24, 2.45) is 0 Å². The second-order valence-electron chi connectivity index (χ2n) is 5.23. The lowest BCUT2D eigenvalue weighted by Gasteiger charge is -2.28. The largest absolute Gasteiger partial charge is 0.424 e. The van der Waals surface area contributed by atoms with Gasteiger partial charge in [-0.3, -0.25) is 4.57 Å². The Kier molecular flexibility index (Phi) is 3.49. The molecule has 2 saturated heterocycles. The van der Waals surface area contributed by atoms with Crippen LogP contribution in [0.4, 0.5) is 5.82 Å². The minimum Gasteiger partial charge on any atom is -0.385 e. The third-order valence-corrected chi connectivity index (χ3v) is 5.47. The molecule has 4 heterocycles. The van der Waals surface area contributed by atoms with Crippen molar-refractivity contribution in [2.75, 3.05) is 19.5 Å². The van der Waals surface area contributed by atoms with Crippen LogP contribution in [0.5, 0.6) is 0 Å². The second-order valence-corrected chi connectivity index (χ2v) is 7.14. The molecule has 2 aliphatic heterocycles. The summed E-state index contributed by atoms with van der Waals surface area (Å²) < 4.78 is 23.5. The Bertz CT molecular complexity index is 744. The first-order chi connectivity index (χ1) is 11.0. The summed E-state index contributed by atoms with van der Waals surface area (Å²) >= 11 is 0. The minimum absolute atomic E-state index is 0.167. The number of ether oxygens (including phenoxy) is 1. The molecule has 10 nitrogen and oxygen atoms in total. The Labute approximate surface area is 132 Å². The quantitative estimate of drug-likeness (QED) is 0.735. The van der Waals surface area contributed by atoms with E-state index in [1.165, 1.54) is 19.8 Å². The van der Waals surface area contributed by atoms with Gasteiger partial charge in [0.05, 0.1) is 13.4 Å². The second kappa shape index (κ2) is 5.30. The molecule has 2 fully saturated rings. The molecule has 0 aliphatic carbocycles. The number of aromatic nitrogens is 4. The van der Waals surface area contributed by atoms with Crippen LogP contribution in [0.2, 0.25) is 0 Å². The molecule has 122 valence electrons. The van der Waals surface area contributed by atoms with Crippen molar-refractivity contribution >= 4 is 24.9 Å². The molecule has 3 unspecified atom stereocenters. The monoisotopic (exact) mass is 340 g/mol. The Balaban J connectivity index is 1.67. The van der Waals surface area contributed by atoms with Gasteiger partial charge in [0.15, 0.2) is 23.8 Å². The summed E-state index contributed by atoms with van der Waals surface area (Å²) in [6.07, 6.45) is -0.0669. The van der Waals surface area contributed by atoms with E-state index in [1.54, 1.807) is 4.57 Å². The predicted molar refractivity (Wildman–Crippen MR) is 78.7 cm³/mol. The number of nitrogens with zero attached hydrogens (tertiary/aromatic N) is 4. The van der Waals surface area contributed by atoms with Gasteiger partial charge in [-0.25, -0.2) is 15.0 Å². The highest BCUT2D eigenvalue weighted by molar-refractivity contribution is 7.62. The minimum atomic E-state index is -2.92. The smallest absolute Gasteiger partial charge is 0.385 e. The van der Waals surface area contributed by atoms with Gasteiger partial charge < -0.3 is 15.6 Å². The molecule has 0 amide bonds. The molecule has 0 bridgehead atoms. The van der Waals surface area contributed by atoms with Gasteiger partial charge in [0.2, 0.25) is 6.66 Å². The average Bonchev–Trinajstić information content (AvgIpc) is 3.10. The van der Waals surface area contributed by atoms with Crippen LogP contribution in [0.3, 0.4) is 0 Å². The highest BCUT2D eigenvalue weighted by Crippen LogP contribution is 2.65. The summed E-state index contributed by atoms with van der Waals surface area (Å²) in [5, 5.41) is 10.6. The lowest BCUT2D eigenvalue weighted by Crippen LogP contribution is -2.40. The number of hydrogen-bond acceptors (Lipinski definition) is 9. The van der Waals surface area contributed by atoms with Crippen molar-refractivity contribution < 1.29 is 23.4 Å². The van der Waals surface area contributed by atoms with E-state index in [0.717, 1.165) is 0 Å². The van der Waals surface area contributed by atoms with Gasteiger partial charge in [-0.1, -0.05) is 0 Å². The number of aliphatic hydroxyl groups is 1. The third-order valence-electron chi connectivity index (χ3n) is 3.91. The summed E-state index contributed by atoms with van der Waals surface area (Å²) in [6, 6.07) is 0. The van der Waals surface area contributed by atoms with E-state index in [9.17, 15) is 5.11 Å². The van der Waals surface area contributed by atoms with E-state index >= 15 is 0 Å². The maximum absolute atomic E-state index is 10.6. The van der Waals surface area contributed by atoms with Gasteiger partial charge in [-0.05, 0) is 0 Å².